The van der Waals surface area contributed by atoms with Gasteiger partial charge in [0.2, 0.25) is 0 Å². The summed E-state index contributed by atoms with van der Waals surface area (Å²) < 4.78 is 27.9. The van der Waals surface area contributed by atoms with Crippen molar-refractivity contribution in [2.24, 2.45) is 5.92 Å². The minimum atomic E-state index is -3.37. The minimum absolute atomic E-state index is 0.281. The first kappa shape index (κ1) is 12.3. The maximum Gasteiger partial charge on any atom is 0.301 e. The summed E-state index contributed by atoms with van der Waals surface area (Å²) >= 11 is 0. The Morgan fingerprint density at radius 1 is 1.41 bits per heavy atom. The third-order valence-electron chi connectivity index (χ3n) is 2.81. The highest BCUT2D eigenvalue weighted by atomic mass is 32.2. The van der Waals surface area contributed by atoms with Gasteiger partial charge in [-0.1, -0.05) is 18.2 Å². The van der Waals surface area contributed by atoms with E-state index in [0.717, 1.165) is 6.54 Å². The molecule has 0 amide bonds. The van der Waals surface area contributed by atoms with Crippen LogP contribution in [0.3, 0.4) is 0 Å². The van der Waals surface area contributed by atoms with Crippen molar-refractivity contribution >= 4 is 15.9 Å². The molecule has 17 heavy (non-hydrogen) atoms. The van der Waals surface area contributed by atoms with E-state index in [-0.39, 0.29) is 5.92 Å². The van der Waals surface area contributed by atoms with E-state index in [4.69, 9.17) is 0 Å². The molecule has 1 aromatic carbocycles. The van der Waals surface area contributed by atoms with Gasteiger partial charge >= 0.3 is 10.2 Å². The summed E-state index contributed by atoms with van der Waals surface area (Å²) in [5.74, 6) is 0.281. The molecule has 1 aromatic rings. The van der Waals surface area contributed by atoms with Crippen molar-refractivity contribution in [1.29, 1.82) is 0 Å². The molecule has 1 atom stereocenters. The highest BCUT2D eigenvalue weighted by Crippen LogP contribution is 2.21. The molecular weight excluding hydrogens is 238 g/mol. The van der Waals surface area contributed by atoms with Gasteiger partial charge in [-0.15, -0.1) is 0 Å². The van der Waals surface area contributed by atoms with Crippen molar-refractivity contribution in [3.05, 3.63) is 30.3 Å². The summed E-state index contributed by atoms with van der Waals surface area (Å²) in [5.41, 5.74) is 0.709. The molecular formula is C11H17N3O2S. The summed E-state index contributed by atoms with van der Waals surface area (Å²) in [6.07, 6.45) is 0. The van der Waals surface area contributed by atoms with Crippen LogP contribution in [0.15, 0.2) is 30.3 Å². The van der Waals surface area contributed by atoms with Crippen LogP contribution in [0.5, 0.6) is 0 Å². The lowest BCUT2D eigenvalue weighted by molar-refractivity contribution is 0.464. The number of hydrogen-bond donors (Lipinski definition) is 2. The average molecular weight is 255 g/mol. The maximum atomic E-state index is 11.9. The lowest BCUT2D eigenvalue weighted by Crippen LogP contribution is -2.53. The van der Waals surface area contributed by atoms with Crippen LogP contribution in [0.1, 0.15) is 0 Å². The number of para-hydroxylation sites is 1. The highest BCUT2D eigenvalue weighted by molar-refractivity contribution is 7.90. The number of hydrogen-bond acceptors (Lipinski definition) is 3. The Morgan fingerprint density at radius 2 is 2.12 bits per heavy atom. The zero-order valence-electron chi connectivity index (χ0n) is 9.76. The molecule has 1 saturated heterocycles. The number of nitrogens with zero attached hydrogens (tertiary/aromatic N) is 1. The standard InChI is InChI=1S/C11H17N3O2S/c1-12-7-10-8-13-17(15,16)14(9-10)11-5-3-2-4-6-11/h2-6,10,12-13H,7-9H2,1H3. The predicted molar refractivity (Wildman–Crippen MR) is 68.1 cm³/mol. The topological polar surface area (TPSA) is 61.4 Å². The predicted octanol–water partition coefficient (Wildman–Crippen LogP) is 0.177. The van der Waals surface area contributed by atoms with Crippen molar-refractivity contribution in [2.45, 2.75) is 0 Å². The van der Waals surface area contributed by atoms with Gasteiger partial charge in [0.25, 0.3) is 0 Å². The molecule has 94 valence electrons. The highest BCUT2D eigenvalue weighted by Gasteiger charge is 2.30. The molecule has 0 aliphatic carbocycles. The van der Waals surface area contributed by atoms with Crippen molar-refractivity contribution < 1.29 is 8.42 Å². The first-order valence-electron chi connectivity index (χ1n) is 5.60. The minimum Gasteiger partial charge on any atom is -0.319 e. The summed E-state index contributed by atoms with van der Waals surface area (Å²) in [4.78, 5) is 0. The second kappa shape index (κ2) is 5.03. The van der Waals surface area contributed by atoms with Crippen molar-refractivity contribution in [3.8, 4) is 0 Å². The Labute approximate surface area is 102 Å². The molecule has 0 saturated carbocycles. The lowest BCUT2D eigenvalue weighted by atomic mass is 10.1. The van der Waals surface area contributed by atoms with Gasteiger partial charge in [0, 0.05) is 25.6 Å². The van der Waals surface area contributed by atoms with Gasteiger partial charge in [-0.2, -0.15) is 13.1 Å². The first-order chi connectivity index (χ1) is 8.13. The molecule has 2 rings (SSSR count). The van der Waals surface area contributed by atoms with Gasteiger partial charge in [0.05, 0.1) is 5.69 Å². The number of rotatable bonds is 3. The monoisotopic (exact) mass is 255 g/mol. The smallest absolute Gasteiger partial charge is 0.301 e. The molecule has 0 radical (unpaired) electrons. The molecule has 6 heteroatoms. The van der Waals surface area contributed by atoms with Gasteiger partial charge < -0.3 is 5.32 Å². The second-order valence-electron chi connectivity index (χ2n) is 4.14. The van der Waals surface area contributed by atoms with Gasteiger partial charge in [-0.25, -0.2) is 0 Å². The average Bonchev–Trinajstić information content (AvgIpc) is 2.33. The number of benzene rings is 1. The zero-order chi connectivity index (χ0) is 12.3. The van der Waals surface area contributed by atoms with E-state index in [1.165, 1.54) is 4.31 Å². The van der Waals surface area contributed by atoms with E-state index in [1.54, 1.807) is 12.1 Å². The lowest BCUT2D eigenvalue weighted by Gasteiger charge is -2.33. The maximum absolute atomic E-state index is 11.9. The second-order valence-corrected chi connectivity index (χ2v) is 5.82. The molecule has 1 aliphatic rings. The van der Waals surface area contributed by atoms with Crippen LogP contribution in [-0.4, -0.2) is 35.1 Å². The van der Waals surface area contributed by atoms with Crippen LogP contribution in [0.25, 0.3) is 0 Å². The molecule has 0 spiro atoms. The molecule has 2 N–H and O–H groups in total. The van der Waals surface area contributed by atoms with E-state index in [2.05, 4.69) is 10.0 Å². The molecule has 5 nitrogen and oxygen atoms in total. The van der Waals surface area contributed by atoms with Crippen LogP contribution in [0.2, 0.25) is 0 Å². The van der Waals surface area contributed by atoms with E-state index < -0.39 is 10.2 Å². The summed E-state index contributed by atoms with van der Waals surface area (Å²) in [7, 11) is -1.50. The summed E-state index contributed by atoms with van der Waals surface area (Å²) in [6.45, 7) is 1.80. The SMILES string of the molecule is CNCC1CNS(=O)(=O)N(c2ccccc2)C1. The van der Waals surface area contributed by atoms with Crippen molar-refractivity contribution in [1.82, 2.24) is 10.0 Å². The molecule has 0 bridgehead atoms. The number of anilines is 1. The largest absolute Gasteiger partial charge is 0.319 e. The van der Waals surface area contributed by atoms with Crippen LogP contribution in [0.4, 0.5) is 5.69 Å². The summed E-state index contributed by atoms with van der Waals surface area (Å²) in [6, 6.07) is 9.17. The Bertz CT molecular complexity index is 461. The third kappa shape index (κ3) is 2.77. The van der Waals surface area contributed by atoms with E-state index in [1.807, 2.05) is 25.2 Å². The van der Waals surface area contributed by atoms with E-state index in [9.17, 15) is 8.42 Å². The van der Waals surface area contributed by atoms with Crippen LogP contribution >= 0.6 is 0 Å². The molecule has 0 aromatic heterocycles. The molecule has 1 fully saturated rings. The summed E-state index contributed by atoms with van der Waals surface area (Å²) in [5, 5.41) is 3.08. The Balaban J connectivity index is 2.23. The van der Waals surface area contributed by atoms with Crippen molar-refractivity contribution in [3.63, 3.8) is 0 Å². The fraction of sp³-hybridized carbons (Fsp3) is 0.455. The Morgan fingerprint density at radius 3 is 2.76 bits per heavy atom. The number of nitrogens with one attached hydrogen (secondary N) is 2. The van der Waals surface area contributed by atoms with Gasteiger partial charge in [0.1, 0.15) is 0 Å². The van der Waals surface area contributed by atoms with Gasteiger partial charge in [-0.05, 0) is 19.2 Å². The first-order valence-corrected chi connectivity index (χ1v) is 7.04. The molecule has 1 aliphatic heterocycles. The van der Waals surface area contributed by atoms with Crippen LogP contribution < -0.4 is 14.3 Å². The van der Waals surface area contributed by atoms with Crippen LogP contribution in [0, 0.1) is 5.92 Å². The fourth-order valence-electron chi connectivity index (χ4n) is 1.96. The Hall–Kier alpha value is -1.11. The van der Waals surface area contributed by atoms with Crippen molar-refractivity contribution in [2.75, 3.05) is 31.0 Å². The normalized spacial score (nSPS) is 23.6. The third-order valence-corrected chi connectivity index (χ3v) is 4.28. The van der Waals surface area contributed by atoms with Gasteiger partial charge in [0.15, 0.2) is 0 Å². The fourth-order valence-corrected chi connectivity index (χ4v) is 3.37. The van der Waals surface area contributed by atoms with E-state index in [0.29, 0.717) is 18.8 Å². The Kier molecular flexibility index (Phi) is 3.66. The quantitative estimate of drug-likeness (QED) is 0.810. The van der Waals surface area contributed by atoms with E-state index >= 15 is 0 Å². The molecule has 1 unspecified atom stereocenters. The van der Waals surface area contributed by atoms with Gasteiger partial charge in [-0.3, -0.25) is 4.31 Å². The molecule has 1 heterocycles. The zero-order valence-corrected chi connectivity index (χ0v) is 10.6. The van der Waals surface area contributed by atoms with Crippen LogP contribution in [-0.2, 0) is 10.2 Å².